The smallest absolute Gasteiger partial charge is 0.160 e. The Morgan fingerprint density at radius 2 is 1.04 bits per heavy atom. The van der Waals surface area contributed by atoms with Crippen LogP contribution in [0.2, 0.25) is 0 Å². The first-order chi connectivity index (χ1) is 22.8. The van der Waals surface area contributed by atoms with Gasteiger partial charge in [-0.1, -0.05) is 115 Å². The fraction of sp³-hybridized carbons (Fsp3) is 0. The SMILES string of the molecule is c1ccc(-c2cc(-c3ccccc3)nc(-c3ccc(-n4c5ccccc5c5c6sc(-c7ccccc7)cc6ccc54)cc3)n2)cc1. The molecule has 0 atom stereocenters. The molecule has 0 bridgehead atoms. The van der Waals surface area contributed by atoms with Crippen LogP contribution in [0, 0.1) is 0 Å². The van der Waals surface area contributed by atoms with Crippen LogP contribution in [-0.4, -0.2) is 14.5 Å². The van der Waals surface area contributed by atoms with E-state index in [9.17, 15) is 0 Å². The summed E-state index contributed by atoms with van der Waals surface area (Å²) in [6, 6.07) is 57.6. The van der Waals surface area contributed by atoms with Crippen LogP contribution in [0.15, 0.2) is 164 Å². The van der Waals surface area contributed by atoms with Gasteiger partial charge in [0, 0.05) is 42.7 Å². The topological polar surface area (TPSA) is 30.7 Å². The molecule has 0 spiro atoms. The fourth-order valence-electron chi connectivity index (χ4n) is 6.42. The lowest BCUT2D eigenvalue weighted by Crippen LogP contribution is -1.97. The van der Waals surface area contributed by atoms with Gasteiger partial charge in [0.2, 0.25) is 0 Å². The highest BCUT2D eigenvalue weighted by molar-refractivity contribution is 7.23. The van der Waals surface area contributed by atoms with Gasteiger partial charge in [-0.15, -0.1) is 11.3 Å². The Kier molecular flexibility index (Phi) is 6.32. The molecule has 0 N–H and O–H groups in total. The molecule has 216 valence electrons. The average molecular weight is 606 g/mol. The molecule has 0 radical (unpaired) electrons. The standard InChI is InChI=1S/C42H27N3S/c1-4-12-28(13-5-1)35-27-36(29-14-6-2-7-15-29)44-42(43-35)31-20-23-33(24-21-31)45-37-19-11-10-18-34(37)40-38(45)25-22-32-26-39(46-41(32)40)30-16-8-3-9-17-30/h1-27H. The van der Waals surface area contributed by atoms with Crippen LogP contribution in [-0.2, 0) is 0 Å². The third-order valence-electron chi connectivity index (χ3n) is 8.63. The minimum atomic E-state index is 0.711. The molecule has 0 amide bonds. The van der Waals surface area contributed by atoms with Crippen molar-refractivity contribution in [1.29, 1.82) is 0 Å². The molecule has 0 saturated heterocycles. The number of thiophene rings is 1. The molecule has 46 heavy (non-hydrogen) atoms. The number of hydrogen-bond acceptors (Lipinski definition) is 3. The summed E-state index contributed by atoms with van der Waals surface area (Å²) in [6.07, 6.45) is 0. The van der Waals surface area contributed by atoms with Gasteiger partial charge in [0.05, 0.1) is 22.4 Å². The molecule has 0 saturated carbocycles. The van der Waals surface area contributed by atoms with Crippen molar-refractivity contribution in [2.24, 2.45) is 0 Å². The molecule has 3 aromatic heterocycles. The monoisotopic (exact) mass is 605 g/mol. The van der Waals surface area contributed by atoms with Gasteiger partial charge in [-0.3, -0.25) is 0 Å². The van der Waals surface area contributed by atoms with Crippen LogP contribution in [0.5, 0.6) is 0 Å². The Morgan fingerprint density at radius 3 is 1.70 bits per heavy atom. The summed E-state index contributed by atoms with van der Waals surface area (Å²) in [7, 11) is 0. The van der Waals surface area contributed by atoms with E-state index in [4.69, 9.17) is 9.97 Å². The Hall–Kier alpha value is -5.84. The molecular formula is C42H27N3S. The summed E-state index contributed by atoms with van der Waals surface area (Å²) in [5, 5.41) is 3.84. The van der Waals surface area contributed by atoms with Gasteiger partial charge in [-0.2, -0.15) is 0 Å². The van der Waals surface area contributed by atoms with E-state index >= 15 is 0 Å². The first-order valence-electron chi connectivity index (χ1n) is 15.4. The highest BCUT2D eigenvalue weighted by atomic mass is 32.1. The largest absolute Gasteiger partial charge is 0.309 e. The second kappa shape index (κ2) is 11.0. The first kappa shape index (κ1) is 26.6. The van der Waals surface area contributed by atoms with E-state index in [1.54, 1.807) is 0 Å². The molecule has 3 nitrogen and oxygen atoms in total. The maximum Gasteiger partial charge on any atom is 0.160 e. The van der Waals surface area contributed by atoms with Gasteiger partial charge in [0.15, 0.2) is 5.82 Å². The lowest BCUT2D eigenvalue weighted by Gasteiger charge is -2.11. The van der Waals surface area contributed by atoms with Crippen molar-refractivity contribution in [2.45, 2.75) is 0 Å². The third kappa shape index (κ3) is 4.50. The van der Waals surface area contributed by atoms with Crippen molar-refractivity contribution < 1.29 is 0 Å². The van der Waals surface area contributed by atoms with Crippen LogP contribution < -0.4 is 0 Å². The summed E-state index contributed by atoms with van der Waals surface area (Å²) < 4.78 is 3.70. The molecule has 6 aromatic carbocycles. The molecular weight excluding hydrogens is 579 g/mol. The van der Waals surface area contributed by atoms with Crippen molar-refractivity contribution in [3.05, 3.63) is 164 Å². The van der Waals surface area contributed by atoms with E-state index in [0.29, 0.717) is 5.82 Å². The lowest BCUT2D eigenvalue weighted by molar-refractivity contribution is 1.16. The highest BCUT2D eigenvalue weighted by Crippen LogP contribution is 2.42. The van der Waals surface area contributed by atoms with Crippen molar-refractivity contribution >= 4 is 43.2 Å². The summed E-state index contributed by atoms with van der Waals surface area (Å²) in [5.41, 5.74) is 9.70. The predicted molar refractivity (Wildman–Crippen MR) is 193 cm³/mol. The van der Waals surface area contributed by atoms with E-state index in [1.165, 1.54) is 42.3 Å². The molecule has 0 aliphatic rings. The summed E-state index contributed by atoms with van der Waals surface area (Å²) >= 11 is 1.87. The van der Waals surface area contributed by atoms with Crippen LogP contribution in [0.1, 0.15) is 0 Å². The van der Waals surface area contributed by atoms with Gasteiger partial charge in [-0.25, -0.2) is 9.97 Å². The molecule has 0 aliphatic carbocycles. The second-order valence-corrected chi connectivity index (χ2v) is 12.5. The lowest BCUT2D eigenvalue weighted by atomic mass is 10.1. The Morgan fingerprint density at radius 1 is 0.457 bits per heavy atom. The number of rotatable bonds is 5. The highest BCUT2D eigenvalue weighted by Gasteiger charge is 2.17. The zero-order valence-electron chi connectivity index (χ0n) is 24.8. The number of benzene rings is 6. The average Bonchev–Trinajstić information content (AvgIpc) is 3.72. The van der Waals surface area contributed by atoms with E-state index in [1.807, 2.05) is 47.7 Å². The van der Waals surface area contributed by atoms with Gasteiger partial charge in [0.25, 0.3) is 0 Å². The van der Waals surface area contributed by atoms with E-state index in [-0.39, 0.29) is 0 Å². The zero-order valence-corrected chi connectivity index (χ0v) is 25.7. The van der Waals surface area contributed by atoms with Crippen molar-refractivity contribution in [2.75, 3.05) is 0 Å². The molecule has 9 rings (SSSR count). The van der Waals surface area contributed by atoms with Crippen LogP contribution in [0.4, 0.5) is 0 Å². The van der Waals surface area contributed by atoms with Crippen molar-refractivity contribution in [3.8, 4) is 50.0 Å². The van der Waals surface area contributed by atoms with Crippen molar-refractivity contribution in [3.63, 3.8) is 0 Å². The van der Waals surface area contributed by atoms with Gasteiger partial charge in [-0.05, 0) is 59.5 Å². The van der Waals surface area contributed by atoms with Crippen molar-refractivity contribution in [1.82, 2.24) is 14.5 Å². The van der Waals surface area contributed by atoms with Gasteiger partial charge >= 0.3 is 0 Å². The minimum absolute atomic E-state index is 0.711. The summed E-state index contributed by atoms with van der Waals surface area (Å²) in [4.78, 5) is 11.4. The predicted octanol–water partition coefficient (Wildman–Crippen LogP) is 11.5. The molecule has 0 unspecified atom stereocenters. The van der Waals surface area contributed by atoms with E-state index < -0.39 is 0 Å². The Balaban J connectivity index is 1.18. The number of nitrogens with zero attached hydrogens (tertiary/aromatic N) is 3. The normalized spacial score (nSPS) is 11.5. The van der Waals surface area contributed by atoms with Crippen LogP contribution >= 0.6 is 11.3 Å². The fourth-order valence-corrected chi connectivity index (χ4v) is 7.64. The van der Waals surface area contributed by atoms with Gasteiger partial charge in [0.1, 0.15) is 0 Å². The Labute approximate surface area is 270 Å². The van der Waals surface area contributed by atoms with E-state index in [0.717, 1.165) is 33.8 Å². The first-order valence-corrected chi connectivity index (χ1v) is 16.2. The Bertz CT molecular complexity index is 2440. The molecule has 9 aromatic rings. The molecule has 0 aliphatic heterocycles. The molecule has 0 fully saturated rings. The molecule has 4 heteroatoms. The second-order valence-electron chi connectivity index (χ2n) is 11.4. The van der Waals surface area contributed by atoms with Crippen LogP contribution in [0.3, 0.4) is 0 Å². The zero-order chi connectivity index (χ0) is 30.5. The number of hydrogen-bond donors (Lipinski definition) is 0. The number of fused-ring (bicyclic) bond motifs is 5. The summed E-state index contributed by atoms with van der Waals surface area (Å²) in [6.45, 7) is 0. The quantitative estimate of drug-likeness (QED) is 0.195. The third-order valence-corrected chi connectivity index (χ3v) is 9.84. The maximum atomic E-state index is 5.04. The van der Waals surface area contributed by atoms with Gasteiger partial charge < -0.3 is 4.57 Å². The number of para-hydroxylation sites is 1. The molecule has 3 heterocycles. The van der Waals surface area contributed by atoms with E-state index in [2.05, 4.69) is 132 Å². The number of aromatic nitrogens is 3. The maximum absolute atomic E-state index is 5.04. The van der Waals surface area contributed by atoms with Crippen LogP contribution in [0.25, 0.3) is 81.9 Å². The summed E-state index contributed by atoms with van der Waals surface area (Å²) in [5.74, 6) is 0.711. The minimum Gasteiger partial charge on any atom is -0.309 e.